The number of allylic oxidation sites excluding steroid dienone is 1. The molecule has 1 aromatic heterocycles. The van der Waals surface area contributed by atoms with E-state index in [1.165, 1.54) is 32.7 Å². The molecule has 4 heteroatoms. The van der Waals surface area contributed by atoms with E-state index in [4.69, 9.17) is 0 Å². The third-order valence-corrected chi connectivity index (χ3v) is 11.9. The number of carbonyl (C=O) groups is 2. The molecular formula is C47H43NO2S. The van der Waals surface area contributed by atoms with Crippen LogP contribution < -0.4 is 4.90 Å². The maximum atomic E-state index is 13.5. The first-order chi connectivity index (χ1) is 24.1. The molecule has 254 valence electrons. The third-order valence-electron chi connectivity index (χ3n) is 10.7. The molecule has 0 saturated heterocycles. The maximum Gasteiger partial charge on any atom is 0.197 e. The molecule has 0 bridgehead atoms. The average Bonchev–Trinajstić information content (AvgIpc) is 3.69. The van der Waals surface area contributed by atoms with E-state index in [0.717, 1.165) is 32.7 Å². The normalized spacial score (nSPS) is 14.9. The number of nitrogens with zero attached hydrogens (tertiary/aromatic N) is 1. The van der Waals surface area contributed by atoms with E-state index in [1.807, 2.05) is 42.5 Å². The van der Waals surface area contributed by atoms with Gasteiger partial charge in [0, 0.05) is 43.4 Å². The first-order valence-corrected chi connectivity index (χ1v) is 18.6. The van der Waals surface area contributed by atoms with Gasteiger partial charge >= 0.3 is 0 Å². The number of fused-ring (bicyclic) bond motifs is 5. The average molecular weight is 686 g/mol. The van der Waals surface area contributed by atoms with Gasteiger partial charge in [-0.2, -0.15) is 0 Å². The summed E-state index contributed by atoms with van der Waals surface area (Å²) in [6.07, 6.45) is 1.81. The lowest BCUT2D eigenvalue weighted by Crippen LogP contribution is -2.17. The Morgan fingerprint density at radius 3 is 1.55 bits per heavy atom. The molecule has 0 spiro atoms. The van der Waals surface area contributed by atoms with Gasteiger partial charge in [0.2, 0.25) is 0 Å². The van der Waals surface area contributed by atoms with E-state index < -0.39 is 0 Å². The minimum Gasteiger partial charge on any atom is -0.310 e. The van der Waals surface area contributed by atoms with Crippen molar-refractivity contribution in [3.8, 4) is 10.4 Å². The molecule has 0 saturated carbocycles. The monoisotopic (exact) mass is 685 g/mol. The van der Waals surface area contributed by atoms with Crippen molar-refractivity contribution in [2.24, 2.45) is 0 Å². The van der Waals surface area contributed by atoms with Crippen LogP contribution in [0.3, 0.4) is 0 Å². The Labute approximate surface area is 305 Å². The van der Waals surface area contributed by atoms with E-state index in [1.54, 1.807) is 11.3 Å². The fraction of sp³-hybridized carbons (Fsp3) is 0.234. The maximum absolute atomic E-state index is 13.5. The predicted octanol–water partition coefficient (Wildman–Crippen LogP) is 12.7. The van der Waals surface area contributed by atoms with Gasteiger partial charge in [-0.15, -0.1) is 11.3 Å². The standard InChI is InChI=1S/C47H43NO2S/c1-45(2,3)30-13-17-32(18-14-30)48(33-19-15-31(16-20-33)46(4,5)6)34-21-22-36-40(25-34)47(7,8)41-27-35(51-44(36)41)26-39-42(49)37-23-28-11-9-10-12-29(28)24-38(37)43(39)50/h9-27H,1-8H3. The van der Waals surface area contributed by atoms with Crippen LogP contribution in [0.25, 0.3) is 27.3 Å². The van der Waals surface area contributed by atoms with Crippen LogP contribution in [0.1, 0.15) is 103 Å². The van der Waals surface area contributed by atoms with Crippen molar-refractivity contribution in [2.45, 2.75) is 71.6 Å². The Morgan fingerprint density at radius 1 is 0.569 bits per heavy atom. The van der Waals surface area contributed by atoms with Gasteiger partial charge in [-0.1, -0.05) is 110 Å². The Kier molecular flexibility index (Phi) is 7.45. The van der Waals surface area contributed by atoms with Gasteiger partial charge in [-0.05, 0) is 110 Å². The molecule has 8 rings (SSSR count). The van der Waals surface area contributed by atoms with E-state index in [0.29, 0.717) is 11.1 Å². The van der Waals surface area contributed by atoms with E-state index >= 15 is 0 Å². The highest BCUT2D eigenvalue weighted by atomic mass is 32.1. The lowest BCUT2D eigenvalue weighted by molar-refractivity contribution is 0.0990. The summed E-state index contributed by atoms with van der Waals surface area (Å²) in [4.78, 5) is 31.6. The first-order valence-electron chi connectivity index (χ1n) is 17.8. The predicted molar refractivity (Wildman–Crippen MR) is 215 cm³/mol. The molecular weight excluding hydrogens is 643 g/mol. The molecule has 0 radical (unpaired) electrons. The molecule has 6 aromatic rings. The molecule has 0 unspecified atom stereocenters. The van der Waals surface area contributed by atoms with Gasteiger partial charge in [-0.25, -0.2) is 0 Å². The zero-order valence-electron chi connectivity index (χ0n) is 30.6. The van der Waals surface area contributed by atoms with Crippen molar-refractivity contribution in [3.05, 3.63) is 153 Å². The van der Waals surface area contributed by atoms with Crippen molar-refractivity contribution in [1.82, 2.24) is 0 Å². The highest BCUT2D eigenvalue weighted by molar-refractivity contribution is 7.16. The first kappa shape index (κ1) is 33.1. The van der Waals surface area contributed by atoms with Crippen molar-refractivity contribution in [2.75, 3.05) is 4.90 Å². The molecule has 5 aromatic carbocycles. The molecule has 0 amide bonds. The van der Waals surface area contributed by atoms with Crippen molar-refractivity contribution < 1.29 is 9.59 Å². The summed E-state index contributed by atoms with van der Waals surface area (Å²) in [5, 5.41) is 1.93. The molecule has 0 atom stereocenters. The van der Waals surface area contributed by atoms with Crippen LogP contribution >= 0.6 is 11.3 Å². The number of hydrogen-bond acceptors (Lipinski definition) is 4. The molecule has 3 nitrogen and oxygen atoms in total. The second kappa shape index (κ2) is 11.5. The SMILES string of the molecule is CC(C)(C)c1ccc(N(c2ccc(C(C)(C)C)cc2)c2ccc3c(c2)C(C)(C)c2cc(C=C4C(=O)c5cc6ccccc6cc5C4=O)sc2-3)cc1. The Balaban J connectivity index is 1.18. The van der Waals surface area contributed by atoms with Crippen LogP contribution in [0.5, 0.6) is 0 Å². The Morgan fingerprint density at radius 2 is 1.06 bits per heavy atom. The smallest absolute Gasteiger partial charge is 0.197 e. The lowest BCUT2D eigenvalue weighted by Gasteiger charge is -2.29. The second-order valence-corrected chi connectivity index (χ2v) is 17.7. The zero-order chi connectivity index (χ0) is 36.0. The largest absolute Gasteiger partial charge is 0.310 e. The molecule has 51 heavy (non-hydrogen) atoms. The zero-order valence-corrected chi connectivity index (χ0v) is 31.5. The van der Waals surface area contributed by atoms with Gasteiger partial charge < -0.3 is 4.90 Å². The van der Waals surface area contributed by atoms with Crippen LogP contribution in [0.2, 0.25) is 0 Å². The molecule has 0 fully saturated rings. The summed E-state index contributed by atoms with van der Waals surface area (Å²) in [6, 6.07) is 38.5. The van der Waals surface area contributed by atoms with Gasteiger partial charge in [0.1, 0.15) is 0 Å². The summed E-state index contributed by atoms with van der Waals surface area (Å²) in [5.41, 5.74) is 10.8. The fourth-order valence-electron chi connectivity index (χ4n) is 7.63. The van der Waals surface area contributed by atoms with Crippen LogP contribution in [-0.4, -0.2) is 11.6 Å². The number of Topliss-reactive ketones (excluding diaryl/α,β-unsaturated/α-hetero) is 2. The summed E-state index contributed by atoms with van der Waals surface area (Å²) >= 11 is 1.66. The van der Waals surface area contributed by atoms with Crippen LogP contribution in [0, 0.1) is 0 Å². The third kappa shape index (κ3) is 5.48. The van der Waals surface area contributed by atoms with Crippen LogP contribution in [0.4, 0.5) is 17.1 Å². The van der Waals surface area contributed by atoms with Crippen LogP contribution in [0.15, 0.2) is 115 Å². The summed E-state index contributed by atoms with van der Waals surface area (Å²) < 4.78 is 0. The summed E-state index contributed by atoms with van der Waals surface area (Å²) in [7, 11) is 0. The fourth-order valence-corrected chi connectivity index (χ4v) is 8.93. The highest BCUT2D eigenvalue weighted by Gasteiger charge is 2.39. The number of ketones is 2. The molecule has 2 aliphatic carbocycles. The summed E-state index contributed by atoms with van der Waals surface area (Å²) in [5.74, 6) is -0.380. The number of benzene rings is 5. The highest BCUT2D eigenvalue weighted by Crippen LogP contribution is 2.54. The number of hydrogen-bond donors (Lipinski definition) is 0. The number of thiophene rings is 1. The molecule has 0 N–H and O–H groups in total. The minimum absolute atomic E-state index is 0.0679. The quantitative estimate of drug-likeness (QED) is 0.137. The van der Waals surface area contributed by atoms with Gasteiger partial charge in [0.15, 0.2) is 11.6 Å². The topological polar surface area (TPSA) is 37.4 Å². The lowest BCUT2D eigenvalue weighted by atomic mass is 9.82. The molecule has 2 aliphatic rings. The van der Waals surface area contributed by atoms with Crippen molar-refractivity contribution in [1.29, 1.82) is 0 Å². The van der Waals surface area contributed by atoms with Gasteiger partial charge in [0.05, 0.1) is 5.57 Å². The Hall–Kier alpha value is -5.06. The van der Waals surface area contributed by atoms with E-state index in [2.05, 4.69) is 133 Å². The second-order valence-electron chi connectivity index (χ2n) is 16.6. The van der Waals surface area contributed by atoms with Crippen LogP contribution in [-0.2, 0) is 16.2 Å². The van der Waals surface area contributed by atoms with Crippen molar-refractivity contribution in [3.63, 3.8) is 0 Å². The Bertz CT molecular complexity index is 2310. The number of carbonyl (C=O) groups excluding carboxylic acids is 2. The van der Waals surface area contributed by atoms with Gasteiger partial charge in [0.25, 0.3) is 0 Å². The molecule has 1 heterocycles. The number of anilines is 3. The van der Waals surface area contributed by atoms with Crippen molar-refractivity contribution >= 4 is 56.8 Å². The van der Waals surface area contributed by atoms with Gasteiger partial charge in [-0.3, -0.25) is 9.59 Å². The molecule has 0 aliphatic heterocycles. The number of rotatable bonds is 4. The van der Waals surface area contributed by atoms with E-state index in [9.17, 15) is 9.59 Å². The minimum atomic E-state index is -0.268. The van der Waals surface area contributed by atoms with E-state index in [-0.39, 0.29) is 33.4 Å². The summed E-state index contributed by atoms with van der Waals surface area (Å²) in [6.45, 7) is 18.0.